The number of anilines is 2. The Labute approximate surface area is 199 Å². The van der Waals surface area contributed by atoms with Crippen LogP contribution in [-0.2, 0) is 0 Å². The number of rotatable bonds is 3. The molecule has 6 nitrogen and oxygen atoms in total. The van der Waals surface area contributed by atoms with Crippen LogP contribution in [0.25, 0.3) is 0 Å². The number of nitrogens with zero attached hydrogens (tertiary/aromatic N) is 4. The Morgan fingerprint density at radius 1 is 1.00 bits per heavy atom. The molecule has 2 aliphatic rings. The number of para-hydroxylation sites is 1. The van der Waals surface area contributed by atoms with E-state index in [1.165, 1.54) is 6.07 Å². The lowest BCUT2D eigenvalue weighted by atomic mass is 9.97. The van der Waals surface area contributed by atoms with Crippen molar-refractivity contribution in [2.75, 3.05) is 36.4 Å². The van der Waals surface area contributed by atoms with Gasteiger partial charge in [0.15, 0.2) is 11.7 Å². The minimum absolute atomic E-state index is 0.0154. The van der Waals surface area contributed by atoms with Crippen LogP contribution in [0.3, 0.4) is 0 Å². The van der Waals surface area contributed by atoms with Gasteiger partial charge in [-0.1, -0.05) is 41.9 Å². The third-order valence-electron chi connectivity index (χ3n) is 6.37. The molecule has 0 saturated carbocycles. The van der Waals surface area contributed by atoms with Gasteiger partial charge in [0.05, 0.1) is 6.04 Å². The SMILES string of the molecule is O=C(c1cc2n(n1)[C@@H](C(F)(F)F)C[C@@H](c1ccc(Cl)cc1)N2)N1CCN(c2ccccc2)CC1. The molecule has 0 bridgehead atoms. The van der Waals surface area contributed by atoms with Crippen molar-refractivity contribution in [3.05, 3.63) is 76.9 Å². The Kier molecular flexibility index (Phi) is 5.89. The van der Waals surface area contributed by atoms with Gasteiger partial charge in [0, 0.05) is 49.4 Å². The number of hydrogen-bond acceptors (Lipinski definition) is 4. The number of alkyl halides is 3. The van der Waals surface area contributed by atoms with Gasteiger partial charge in [-0.25, -0.2) is 4.68 Å². The first-order valence-corrected chi connectivity index (χ1v) is 11.4. The Hall–Kier alpha value is -3.20. The second-order valence-electron chi connectivity index (χ2n) is 8.52. The first-order valence-electron chi connectivity index (χ1n) is 11.1. The van der Waals surface area contributed by atoms with Crippen molar-refractivity contribution in [2.24, 2.45) is 0 Å². The van der Waals surface area contributed by atoms with Gasteiger partial charge in [-0.05, 0) is 29.8 Å². The van der Waals surface area contributed by atoms with Gasteiger partial charge in [-0.3, -0.25) is 4.79 Å². The molecule has 3 aromatic rings. The van der Waals surface area contributed by atoms with Gasteiger partial charge >= 0.3 is 6.18 Å². The van der Waals surface area contributed by atoms with E-state index in [0.717, 1.165) is 10.4 Å². The smallest absolute Gasteiger partial charge is 0.368 e. The average Bonchev–Trinajstić information content (AvgIpc) is 3.27. The minimum Gasteiger partial charge on any atom is -0.368 e. The van der Waals surface area contributed by atoms with Crippen molar-refractivity contribution < 1.29 is 18.0 Å². The quantitative estimate of drug-likeness (QED) is 0.552. The lowest BCUT2D eigenvalue weighted by Gasteiger charge is -2.35. The van der Waals surface area contributed by atoms with E-state index in [0.29, 0.717) is 36.8 Å². The van der Waals surface area contributed by atoms with Crippen LogP contribution in [0, 0.1) is 0 Å². The highest BCUT2D eigenvalue weighted by atomic mass is 35.5. The first-order chi connectivity index (χ1) is 16.3. The summed E-state index contributed by atoms with van der Waals surface area (Å²) < 4.78 is 42.7. The van der Waals surface area contributed by atoms with Crippen LogP contribution in [0.5, 0.6) is 0 Å². The Balaban J connectivity index is 1.35. The predicted molar refractivity (Wildman–Crippen MR) is 124 cm³/mol. The van der Waals surface area contributed by atoms with E-state index in [-0.39, 0.29) is 23.8 Å². The van der Waals surface area contributed by atoms with Gasteiger partial charge < -0.3 is 15.1 Å². The molecule has 3 heterocycles. The lowest BCUT2D eigenvalue weighted by molar-refractivity contribution is -0.173. The number of benzene rings is 2. The van der Waals surface area contributed by atoms with Gasteiger partial charge in [-0.15, -0.1) is 0 Å². The second-order valence-corrected chi connectivity index (χ2v) is 8.95. The van der Waals surface area contributed by atoms with Gasteiger partial charge in [-0.2, -0.15) is 18.3 Å². The molecule has 0 unspecified atom stereocenters. The van der Waals surface area contributed by atoms with Gasteiger partial charge in [0.1, 0.15) is 5.82 Å². The van der Waals surface area contributed by atoms with Crippen LogP contribution < -0.4 is 10.2 Å². The highest BCUT2D eigenvalue weighted by molar-refractivity contribution is 6.30. The van der Waals surface area contributed by atoms with Crippen molar-refractivity contribution >= 4 is 29.0 Å². The summed E-state index contributed by atoms with van der Waals surface area (Å²) in [5.41, 5.74) is 1.79. The lowest BCUT2D eigenvalue weighted by Crippen LogP contribution is -2.49. The molecule has 0 aliphatic carbocycles. The highest BCUT2D eigenvalue weighted by Crippen LogP contribution is 2.43. The van der Waals surface area contributed by atoms with Crippen molar-refractivity contribution in [1.29, 1.82) is 0 Å². The van der Waals surface area contributed by atoms with E-state index >= 15 is 0 Å². The van der Waals surface area contributed by atoms with Crippen molar-refractivity contribution in [2.45, 2.75) is 24.7 Å². The molecule has 0 spiro atoms. The minimum atomic E-state index is -4.50. The number of carbonyl (C=O) groups excluding carboxylic acids is 1. The van der Waals surface area contributed by atoms with Crippen LogP contribution in [0.2, 0.25) is 5.02 Å². The monoisotopic (exact) mass is 489 g/mol. The topological polar surface area (TPSA) is 53.4 Å². The maximum absolute atomic E-state index is 13.9. The number of hydrogen-bond donors (Lipinski definition) is 1. The Bertz CT molecular complexity index is 1160. The summed E-state index contributed by atoms with van der Waals surface area (Å²) in [6, 6.07) is 15.6. The number of piperazine rings is 1. The van der Waals surface area contributed by atoms with E-state index < -0.39 is 18.3 Å². The summed E-state index contributed by atoms with van der Waals surface area (Å²) in [5, 5.41) is 7.73. The molecule has 2 aromatic carbocycles. The number of halogens is 4. The first kappa shape index (κ1) is 22.6. The fourth-order valence-electron chi connectivity index (χ4n) is 4.56. The summed E-state index contributed by atoms with van der Waals surface area (Å²) in [5.74, 6) is -0.180. The molecule has 0 radical (unpaired) electrons. The molecular formula is C24H23ClF3N5O. The summed E-state index contributed by atoms with van der Waals surface area (Å²) in [6.07, 6.45) is -4.74. The van der Waals surface area contributed by atoms with Crippen LogP contribution in [-0.4, -0.2) is 52.9 Å². The molecule has 10 heteroatoms. The number of aromatic nitrogens is 2. The molecule has 1 saturated heterocycles. The third-order valence-corrected chi connectivity index (χ3v) is 6.62. The Morgan fingerprint density at radius 3 is 2.32 bits per heavy atom. The zero-order valence-corrected chi connectivity index (χ0v) is 18.9. The van der Waals surface area contributed by atoms with E-state index in [4.69, 9.17) is 11.6 Å². The number of carbonyl (C=O) groups is 1. The Morgan fingerprint density at radius 2 is 1.68 bits per heavy atom. The molecule has 178 valence electrons. The van der Waals surface area contributed by atoms with E-state index in [1.54, 1.807) is 29.2 Å². The molecule has 1 fully saturated rings. The summed E-state index contributed by atoms with van der Waals surface area (Å²) in [7, 11) is 0. The zero-order chi connectivity index (χ0) is 23.9. The van der Waals surface area contributed by atoms with Crippen molar-refractivity contribution in [1.82, 2.24) is 14.7 Å². The largest absolute Gasteiger partial charge is 0.410 e. The summed E-state index contributed by atoms with van der Waals surface area (Å²) in [4.78, 5) is 16.9. The standard InChI is InChI=1S/C24H23ClF3N5O/c25-17-8-6-16(7-9-17)19-14-21(24(26,27)28)33-22(29-19)15-20(30-33)23(34)32-12-10-31(11-13-32)18-4-2-1-3-5-18/h1-9,15,19,21,29H,10-14H2/t19-,21+/m0/s1. The summed E-state index contributed by atoms with van der Waals surface area (Å²) >= 11 is 5.93. The van der Waals surface area contributed by atoms with Gasteiger partial charge in [0.2, 0.25) is 0 Å². The number of amides is 1. The van der Waals surface area contributed by atoms with Crippen molar-refractivity contribution in [3.8, 4) is 0 Å². The van der Waals surface area contributed by atoms with Crippen molar-refractivity contribution in [3.63, 3.8) is 0 Å². The molecular weight excluding hydrogens is 467 g/mol. The molecule has 1 aromatic heterocycles. The maximum Gasteiger partial charge on any atom is 0.410 e. The molecule has 1 amide bonds. The fraction of sp³-hybridized carbons (Fsp3) is 0.333. The molecule has 2 atom stereocenters. The third kappa shape index (κ3) is 4.44. The van der Waals surface area contributed by atoms with Crippen LogP contribution >= 0.6 is 11.6 Å². The van der Waals surface area contributed by atoms with Crippen LogP contribution in [0.1, 0.15) is 34.6 Å². The number of nitrogens with one attached hydrogen (secondary N) is 1. The van der Waals surface area contributed by atoms with Crippen LogP contribution in [0.15, 0.2) is 60.7 Å². The molecule has 5 rings (SSSR count). The fourth-order valence-corrected chi connectivity index (χ4v) is 4.69. The average molecular weight is 490 g/mol. The molecule has 34 heavy (non-hydrogen) atoms. The predicted octanol–water partition coefficient (Wildman–Crippen LogP) is 5.16. The zero-order valence-electron chi connectivity index (χ0n) is 18.2. The van der Waals surface area contributed by atoms with E-state index in [1.807, 2.05) is 30.3 Å². The molecule has 1 N–H and O–H groups in total. The normalized spacial score (nSPS) is 20.6. The maximum atomic E-state index is 13.9. The molecule has 2 aliphatic heterocycles. The van der Waals surface area contributed by atoms with Gasteiger partial charge in [0.25, 0.3) is 5.91 Å². The summed E-state index contributed by atoms with van der Waals surface area (Å²) in [6.45, 7) is 2.23. The van der Waals surface area contributed by atoms with E-state index in [2.05, 4.69) is 15.3 Å². The van der Waals surface area contributed by atoms with E-state index in [9.17, 15) is 18.0 Å². The number of fused-ring (bicyclic) bond motifs is 1. The highest BCUT2D eigenvalue weighted by Gasteiger charge is 2.47. The second kappa shape index (κ2) is 8.87. The van der Waals surface area contributed by atoms with Crippen LogP contribution in [0.4, 0.5) is 24.7 Å².